The Morgan fingerprint density at radius 2 is 1.67 bits per heavy atom. The van der Waals surface area contributed by atoms with Gasteiger partial charge in [0.25, 0.3) is 0 Å². The molecule has 0 spiro atoms. The number of rotatable bonds is 2. The normalized spacial score (nSPS) is 23.0. The van der Waals surface area contributed by atoms with Gasteiger partial charge in [-0.15, -0.1) is 0 Å². The van der Waals surface area contributed by atoms with Crippen LogP contribution in [0, 0.1) is 0 Å². The van der Waals surface area contributed by atoms with Gasteiger partial charge in [0.2, 0.25) is 5.91 Å². The highest BCUT2D eigenvalue weighted by Gasteiger charge is 2.39. The molecule has 0 radical (unpaired) electrons. The molecule has 0 unspecified atom stereocenters. The number of piperidine rings is 1. The summed E-state index contributed by atoms with van der Waals surface area (Å²) in [6.45, 7) is 1.72. The van der Waals surface area contributed by atoms with Crippen LogP contribution >= 0.6 is 0 Å². The van der Waals surface area contributed by atoms with Crippen LogP contribution in [-0.4, -0.2) is 29.4 Å². The molecular weight excluding hydrogens is 260 g/mol. The molecule has 2 N–H and O–H groups in total. The maximum atomic E-state index is 12.7. The number of benzene rings is 1. The van der Waals surface area contributed by atoms with Crippen molar-refractivity contribution in [2.45, 2.75) is 56.4 Å². The van der Waals surface area contributed by atoms with Crippen molar-refractivity contribution in [2.75, 3.05) is 13.1 Å². The molecule has 0 aromatic heterocycles. The lowest BCUT2D eigenvalue weighted by Crippen LogP contribution is -2.57. The molecule has 2 aliphatic rings. The lowest BCUT2D eigenvalue weighted by atomic mass is 9.80. The third-order valence-corrected chi connectivity index (χ3v) is 5.22. The first-order valence-electron chi connectivity index (χ1n) is 8.32. The summed E-state index contributed by atoms with van der Waals surface area (Å²) in [6.07, 6.45) is 7.28. The minimum atomic E-state index is -0.572. The van der Waals surface area contributed by atoms with Gasteiger partial charge in [-0.3, -0.25) is 4.79 Å². The standard InChI is InChI=1S/C18H26N2O/c19-18(11-5-2-6-12-18)17(21)20-13-9-16(10-14-20)15-7-3-1-4-8-15/h1,3-4,7-8,16H,2,5-6,9-14,19H2. The Bertz CT molecular complexity index is 471. The maximum absolute atomic E-state index is 12.7. The highest BCUT2D eigenvalue weighted by Crippen LogP contribution is 2.32. The van der Waals surface area contributed by atoms with E-state index in [1.165, 1.54) is 12.0 Å². The van der Waals surface area contributed by atoms with Crippen LogP contribution in [0.5, 0.6) is 0 Å². The predicted molar refractivity (Wildman–Crippen MR) is 85.0 cm³/mol. The molecule has 1 aromatic carbocycles. The largest absolute Gasteiger partial charge is 0.341 e. The van der Waals surface area contributed by atoms with Crippen molar-refractivity contribution in [3.63, 3.8) is 0 Å². The molecule has 1 aliphatic carbocycles. The number of nitrogens with two attached hydrogens (primary N) is 1. The number of amides is 1. The van der Waals surface area contributed by atoms with Crippen molar-refractivity contribution >= 4 is 5.91 Å². The van der Waals surface area contributed by atoms with Crippen molar-refractivity contribution in [3.8, 4) is 0 Å². The van der Waals surface area contributed by atoms with Gasteiger partial charge < -0.3 is 10.6 Å². The molecule has 0 atom stereocenters. The highest BCUT2D eigenvalue weighted by molar-refractivity contribution is 5.86. The molecule has 3 nitrogen and oxygen atoms in total. The molecule has 1 amide bonds. The zero-order chi connectivity index (χ0) is 14.7. The van der Waals surface area contributed by atoms with Crippen molar-refractivity contribution < 1.29 is 4.79 Å². The minimum Gasteiger partial charge on any atom is -0.341 e. The van der Waals surface area contributed by atoms with E-state index in [1.54, 1.807) is 0 Å². The Labute approximate surface area is 127 Å². The van der Waals surface area contributed by atoms with Crippen LogP contribution in [0.1, 0.15) is 56.4 Å². The van der Waals surface area contributed by atoms with Gasteiger partial charge in [0.1, 0.15) is 0 Å². The summed E-state index contributed by atoms with van der Waals surface area (Å²) in [6, 6.07) is 10.7. The Hall–Kier alpha value is -1.35. The second-order valence-electron chi connectivity index (χ2n) is 6.69. The molecule has 3 heteroatoms. The Balaban J connectivity index is 1.59. The van der Waals surface area contributed by atoms with Crippen LogP contribution in [-0.2, 0) is 4.79 Å². The van der Waals surface area contributed by atoms with Crippen molar-refractivity contribution in [1.29, 1.82) is 0 Å². The highest BCUT2D eigenvalue weighted by atomic mass is 16.2. The zero-order valence-electron chi connectivity index (χ0n) is 12.8. The fourth-order valence-electron chi connectivity index (χ4n) is 3.85. The van der Waals surface area contributed by atoms with Crippen molar-refractivity contribution in [3.05, 3.63) is 35.9 Å². The summed E-state index contributed by atoms with van der Waals surface area (Å²) in [4.78, 5) is 14.7. The number of hydrogen-bond acceptors (Lipinski definition) is 2. The zero-order valence-corrected chi connectivity index (χ0v) is 12.8. The van der Waals surface area contributed by atoms with Crippen LogP contribution in [0.4, 0.5) is 0 Å². The average Bonchev–Trinajstić information content (AvgIpc) is 2.56. The van der Waals surface area contributed by atoms with E-state index in [0.29, 0.717) is 5.92 Å². The molecule has 3 rings (SSSR count). The lowest BCUT2D eigenvalue weighted by Gasteiger charge is -2.40. The molecule has 0 bridgehead atoms. The maximum Gasteiger partial charge on any atom is 0.242 e. The Morgan fingerprint density at radius 3 is 2.29 bits per heavy atom. The Morgan fingerprint density at radius 1 is 1.05 bits per heavy atom. The van der Waals surface area contributed by atoms with Gasteiger partial charge in [0.15, 0.2) is 0 Å². The lowest BCUT2D eigenvalue weighted by molar-refractivity contribution is -0.139. The van der Waals surface area contributed by atoms with Gasteiger partial charge in [-0.25, -0.2) is 0 Å². The first-order chi connectivity index (χ1) is 10.2. The van der Waals surface area contributed by atoms with E-state index in [9.17, 15) is 4.79 Å². The number of nitrogens with zero attached hydrogens (tertiary/aromatic N) is 1. The van der Waals surface area contributed by atoms with E-state index in [1.807, 2.05) is 4.90 Å². The molecule has 1 saturated carbocycles. The van der Waals surface area contributed by atoms with Crippen LogP contribution in [0.2, 0.25) is 0 Å². The van der Waals surface area contributed by atoms with Gasteiger partial charge >= 0.3 is 0 Å². The third kappa shape index (κ3) is 3.13. The number of likely N-dealkylation sites (tertiary alicyclic amines) is 1. The second-order valence-corrected chi connectivity index (χ2v) is 6.69. The van der Waals surface area contributed by atoms with E-state index < -0.39 is 5.54 Å². The molecular formula is C18H26N2O. The molecule has 1 aliphatic heterocycles. The summed E-state index contributed by atoms with van der Waals surface area (Å²) in [5, 5.41) is 0. The Kier molecular flexibility index (Phi) is 4.29. The van der Waals surface area contributed by atoms with Gasteiger partial charge in [-0.2, -0.15) is 0 Å². The van der Waals surface area contributed by atoms with E-state index in [0.717, 1.165) is 51.6 Å². The fraction of sp³-hybridized carbons (Fsp3) is 0.611. The quantitative estimate of drug-likeness (QED) is 0.908. The SMILES string of the molecule is NC1(C(=O)N2CCC(c3ccccc3)CC2)CCCCC1. The topological polar surface area (TPSA) is 46.3 Å². The van der Waals surface area contributed by atoms with Crippen LogP contribution in [0.15, 0.2) is 30.3 Å². The monoisotopic (exact) mass is 286 g/mol. The van der Waals surface area contributed by atoms with Crippen molar-refractivity contribution in [2.24, 2.45) is 5.73 Å². The van der Waals surface area contributed by atoms with E-state index in [-0.39, 0.29) is 5.91 Å². The molecule has 1 saturated heterocycles. The minimum absolute atomic E-state index is 0.203. The summed E-state index contributed by atoms with van der Waals surface area (Å²) >= 11 is 0. The number of carbonyl (C=O) groups excluding carboxylic acids is 1. The fourth-order valence-corrected chi connectivity index (χ4v) is 3.85. The third-order valence-electron chi connectivity index (χ3n) is 5.22. The summed E-state index contributed by atoms with van der Waals surface area (Å²) in [5.41, 5.74) is 7.22. The number of hydrogen-bond donors (Lipinski definition) is 1. The second kappa shape index (κ2) is 6.18. The van der Waals surface area contributed by atoms with Crippen LogP contribution in [0.3, 0.4) is 0 Å². The summed E-state index contributed by atoms with van der Waals surface area (Å²) in [5.74, 6) is 0.795. The predicted octanol–water partition coefficient (Wildman–Crippen LogP) is 3.05. The van der Waals surface area contributed by atoms with Gasteiger partial charge in [0, 0.05) is 13.1 Å². The smallest absolute Gasteiger partial charge is 0.242 e. The van der Waals surface area contributed by atoms with E-state index in [4.69, 9.17) is 5.73 Å². The number of carbonyl (C=O) groups is 1. The van der Waals surface area contributed by atoms with Gasteiger partial charge in [-0.1, -0.05) is 49.6 Å². The first-order valence-corrected chi connectivity index (χ1v) is 8.32. The van der Waals surface area contributed by atoms with Crippen LogP contribution < -0.4 is 5.73 Å². The molecule has 21 heavy (non-hydrogen) atoms. The van der Waals surface area contributed by atoms with Gasteiger partial charge in [0.05, 0.1) is 5.54 Å². The molecule has 1 aromatic rings. The van der Waals surface area contributed by atoms with Gasteiger partial charge in [-0.05, 0) is 37.2 Å². The van der Waals surface area contributed by atoms with E-state index >= 15 is 0 Å². The van der Waals surface area contributed by atoms with Crippen molar-refractivity contribution in [1.82, 2.24) is 4.90 Å². The summed E-state index contributed by atoms with van der Waals surface area (Å²) < 4.78 is 0. The van der Waals surface area contributed by atoms with Crippen LogP contribution in [0.25, 0.3) is 0 Å². The summed E-state index contributed by atoms with van der Waals surface area (Å²) in [7, 11) is 0. The average molecular weight is 286 g/mol. The molecule has 1 heterocycles. The first kappa shape index (κ1) is 14.6. The molecule has 114 valence electrons. The molecule has 2 fully saturated rings. The van der Waals surface area contributed by atoms with E-state index in [2.05, 4.69) is 30.3 Å².